The second-order valence-corrected chi connectivity index (χ2v) is 4.96. The van der Waals surface area contributed by atoms with E-state index in [0.717, 1.165) is 12.1 Å². The van der Waals surface area contributed by atoms with E-state index in [-0.39, 0.29) is 5.91 Å². The molecule has 0 bridgehead atoms. The summed E-state index contributed by atoms with van der Waals surface area (Å²) >= 11 is 0. The maximum Gasteiger partial charge on any atom is 0.244 e. The van der Waals surface area contributed by atoms with Crippen LogP contribution in [0.4, 0.5) is 0 Å². The minimum Gasteiger partial charge on any atom is -0.350 e. The van der Waals surface area contributed by atoms with E-state index in [9.17, 15) is 4.79 Å². The topological polar surface area (TPSA) is 42.0 Å². The summed E-state index contributed by atoms with van der Waals surface area (Å²) in [4.78, 5) is 16.0. The van der Waals surface area contributed by atoms with Crippen LogP contribution in [-0.4, -0.2) is 16.9 Å². The maximum absolute atomic E-state index is 11.8. The molecule has 2 rings (SSSR count). The van der Waals surface area contributed by atoms with Gasteiger partial charge in [-0.1, -0.05) is 25.8 Å². The minimum absolute atomic E-state index is 0.0144. The van der Waals surface area contributed by atoms with E-state index in [0.29, 0.717) is 12.0 Å². The van der Waals surface area contributed by atoms with Crippen molar-refractivity contribution in [1.29, 1.82) is 0 Å². The fourth-order valence-corrected chi connectivity index (χ4v) is 2.40. The molecule has 3 nitrogen and oxygen atoms in total. The molecular weight excluding hydrogens is 224 g/mol. The van der Waals surface area contributed by atoms with Crippen molar-refractivity contribution >= 4 is 12.0 Å². The van der Waals surface area contributed by atoms with E-state index in [1.54, 1.807) is 18.3 Å². The Hall–Kier alpha value is -1.64. The van der Waals surface area contributed by atoms with Crippen molar-refractivity contribution in [3.05, 3.63) is 36.2 Å². The molecule has 0 saturated heterocycles. The lowest BCUT2D eigenvalue weighted by Crippen LogP contribution is -2.40. The molecule has 1 heterocycles. The molecule has 0 aliphatic heterocycles. The van der Waals surface area contributed by atoms with E-state index in [2.05, 4.69) is 17.2 Å². The van der Waals surface area contributed by atoms with E-state index in [1.807, 2.05) is 18.2 Å². The van der Waals surface area contributed by atoms with Crippen molar-refractivity contribution in [2.24, 2.45) is 5.92 Å². The molecule has 18 heavy (non-hydrogen) atoms. The lowest BCUT2D eigenvalue weighted by atomic mass is 9.86. The first kappa shape index (κ1) is 12.8. The number of hydrogen-bond donors (Lipinski definition) is 1. The number of nitrogens with zero attached hydrogens (tertiary/aromatic N) is 1. The molecule has 3 heteroatoms. The summed E-state index contributed by atoms with van der Waals surface area (Å²) < 4.78 is 0. The lowest BCUT2D eigenvalue weighted by molar-refractivity contribution is -0.117. The van der Waals surface area contributed by atoms with Crippen LogP contribution in [0, 0.1) is 5.92 Å². The third-order valence-corrected chi connectivity index (χ3v) is 3.53. The summed E-state index contributed by atoms with van der Waals surface area (Å²) in [6.45, 7) is 2.21. The second-order valence-electron chi connectivity index (χ2n) is 4.96. The Morgan fingerprint density at radius 2 is 2.22 bits per heavy atom. The van der Waals surface area contributed by atoms with Crippen LogP contribution in [-0.2, 0) is 4.79 Å². The van der Waals surface area contributed by atoms with Crippen LogP contribution in [0.3, 0.4) is 0 Å². The highest BCUT2D eigenvalue weighted by Crippen LogP contribution is 2.23. The quantitative estimate of drug-likeness (QED) is 0.831. The monoisotopic (exact) mass is 244 g/mol. The van der Waals surface area contributed by atoms with Gasteiger partial charge in [0.1, 0.15) is 0 Å². The van der Waals surface area contributed by atoms with Gasteiger partial charge in [-0.25, -0.2) is 0 Å². The van der Waals surface area contributed by atoms with E-state index in [1.165, 1.54) is 19.3 Å². The summed E-state index contributed by atoms with van der Waals surface area (Å²) in [6.07, 6.45) is 9.88. The van der Waals surface area contributed by atoms with Gasteiger partial charge in [-0.15, -0.1) is 0 Å². The molecule has 2 unspecified atom stereocenters. The molecule has 1 amide bonds. The van der Waals surface area contributed by atoms with Crippen LogP contribution in [0.15, 0.2) is 30.5 Å². The first-order valence-corrected chi connectivity index (χ1v) is 6.65. The van der Waals surface area contributed by atoms with Gasteiger partial charge in [0.05, 0.1) is 5.69 Å². The molecule has 0 radical (unpaired) electrons. The van der Waals surface area contributed by atoms with Gasteiger partial charge in [0, 0.05) is 18.3 Å². The second kappa shape index (κ2) is 6.34. The number of carbonyl (C=O) groups is 1. The van der Waals surface area contributed by atoms with Gasteiger partial charge in [-0.2, -0.15) is 0 Å². The first-order valence-electron chi connectivity index (χ1n) is 6.65. The van der Waals surface area contributed by atoms with E-state index in [4.69, 9.17) is 0 Å². The van der Waals surface area contributed by atoms with Crippen molar-refractivity contribution < 1.29 is 4.79 Å². The number of hydrogen-bond acceptors (Lipinski definition) is 2. The fraction of sp³-hybridized carbons (Fsp3) is 0.467. The zero-order chi connectivity index (χ0) is 12.8. The van der Waals surface area contributed by atoms with E-state index >= 15 is 0 Å². The number of amides is 1. The van der Waals surface area contributed by atoms with Crippen LogP contribution in [0.1, 0.15) is 38.3 Å². The fourth-order valence-electron chi connectivity index (χ4n) is 2.40. The maximum atomic E-state index is 11.8. The molecule has 1 fully saturated rings. The van der Waals surface area contributed by atoms with Gasteiger partial charge in [0.15, 0.2) is 0 Å². The number of pyridine rings is 1. The van der Waals surface area contributed by atoms with Crippen molar-refractivity contribution in [2.45, 2.75) is 38.6 Å². The Morgan fingerprint density at radius 1 is 1.39 bits per heavy atom. The van der Waals surface area contributed by atoms with E-state index < -0.39 is 0 Å². The standard InChI is InChI=1S/C15H20N2O/c1-12-6-2-3-8-14(12)17-15(18)10-9-13-7-4-5-11-16-13/h4-5,7,9-12,14H,2-3,6,8H2,1H3,(H,17,18)/b10-9+. The number of nitrogens with one attached hydrogen (secondary N) is 1. The van der Waals surface area contributed by atoms with Crippen LogP contribution < -0.4 is 5.32 Å². The lowest BCUT2D eigenvalue weighted by Gasteiger charge is -2.29. The summed E-state index contributed by atoms with van der Waals surface area (Å²) in [5.41, 5.74) is 0.810. The minimum atomic E-state index is -0.0144. The molecule has 1 aromatic heterocycles. The Labute approximate surface area is 108 Å². The Balaban J connectivity index is 1.86. The molecule has 1 aliphatic carbocycles. The van der Waals surface area contributed by atoms with Gasteiger partial charge < -0.3 is 5.32 Å². The SMILES string of the molecule is CC1CCCCC1NC(=O)/C=C/c1ccccn1. The average Bonchev–Trinajstić information content (AvgIpc) is 2.40. The molecule has 2 atom stereocenters. The summed E-state index contributed by atoms with van der Waals surface area (Å²) in [6, 6.07) is 5.99. The van der Waals surface area contributed by atoms with Gasteiger partial charge in [0.25, 0.3) is 0 Å². The van der Waals surface area contributed by atoms with Gasteiger partial charge >= 0.3 is 0 Å². The molecule has 1 N–H and O–H groups in total. The third kappa shape index (κ3) is 3.69. The molecule has 96 valence electrons. The predicted octanol–water partition coefficient (Wildman–Crippen LogP) is 2.79. The predicted molar refractivity (Wildman–Crippen MR) is 72.8 cm³/mol. The highest BCUT2D eigenvalue weighted by molar-refractivity contribution is 5.91. The molecule has 0 aromatic carbocycles. The number of rotatable bonds is 3. The zero-order valence-corrected chi connectivity index (χ0v) is 10.8. The first-order chi connectivity index (χ1) is 8.75. The largest absolute Gasteiger partial charge is 0.350 e. The molecule has 1 aromatic rings. The zero-order valence-electron chi connectivity index (χ0n) is 10.8. The highest BCUT2D eigenvalue weighted by atomic mass is 16.1. The van der Waals surface area contributed by atoms with Crippen molar-refractivity contribution in [2.75, 3.05) is 0 Å². The highest BCUT2D eigenvalue weighted by Gasteiger charge is 2.21. The summed E-state index contributed by atoms with van der Waals surface area (Å²) in [5, 5.41) is 3.09. The molecule has 0 spiro atoms. The average molecular weight is 244 g/mol. The number of carbonyl (C=O) groups excluding carboxylic acids is 1. The summed E-state index contributed by atoms with van der Waals surface area (Å²) in [5.74, 6) is 0.574. The summed E-state index contributed by atoms with van der Waals surface area (Å²) in [7, 11) is 0. The Morgan fingerprint density at radius 3 is 2.94 bits per heavy atom. The van der Waals surface area contributed by atoms with Gasteiger partial charge in [0.2, 0.25) is 5.91 Å². The van der Waals surface area contributed by atoms with Gasteiger partial charge in [-0.3, -0.25) is 9.78 Å². The Kier molecular flexibility index (Phi) is 4.51. The van der Waals surface area contributed by atoms with Crippen LogP contribution in [0.2, 0.25) is 0 Å². The van der Waals surface area contributed by atoms with Crippen LogP contribution >= 0.6 is 0 Å². The van der Waals surface area contributed by atoms with Crippen molar-refractivity contribution in [3.8, 4) is 0 Å². The number of aromatic nitrogens is 1. The molecular formula is C15H20N2O. The normalized spacial score (nSPS) is 24.1. The molecule has 1 saturated carbocycles. The Bertz CT molecular complexity index is 414. The van der Waals surface area contributed by atoms with Crippen molar-refractivity contribution in [1.82, 2.24) is 10.3 Å². The van der Waals surface area contributed by atoms with Crippen LogP contribution in [0.25, 0.3) is 6.08 Å². The molecule has 1 aliphatic rings. The van der Waals surface area contributed by atoms with Crippen LogP contribution in [0.5, 0.6) is 0 Å². The van der Waals surface area contributed by atoms with Gasteiger partial charge in [-0.05, 0) is 37.0 Å². The third-order valence-electron chi connectivity index (χ3n) is 3.53. The van der Waals surface area contributed by atoms with Crippen molar-refractivity contribution in [3.63, 3.8) is 0 Å². The smallest absolute Gasteiger partial charge is 0.244 e.